The van der Waals surface area contributed by atoms with Crippen LogP contribution in [0.4, 0.5) is 4.79 Å². The van der Waals surface area contributed by atoms with E-state index < -0.39 is 82.7 Å². The molecule has 16 heteroatoms. The number of nitrogens with one attached hydrogen (secondary N) is 3. The summed E-state index contributed by atoms with van der Waals surface area (Å²) >= 11 is 1.32. The van der Waals surface area contributed by atoms with E-state index in [9.17, 15) is 33.9 Å². The highest BCUT2D eigenvalue weighted by Gasteiger charge is 2.41. The summed E-state index contributed by atoms with van der Waals surface area (Å²) in [4.78, 5) is 84.8. The van der Waals surface area contributed by atoms with Crippen LogP contribution in [0.2, 0.25) is 0 Å². The molecule has 1 aliphatic rings. The molecule has 3 amide bonds. The van der Waals surface area contributed by atoms with E-state index in [0.29, 0.717) is 5.75 Å². The first kappa shape index (κ1) is 55.6. The van der Waals surface area contributed by atoms with Crippen molar-refractivity contribution in [2.75, 3.05) is 19.5 Å². The zero-order chi connectivity index (χ0) is 54.6. The summed E-state index contributed by atoms with van der Waals surface area (Å²) < 4.78 is 27.2. The van der Waals surface area contributed by atoms with Crippen LogP contribution in [0.1, 0.15) is 88.1 Å². The first-order valence-corrected chi connectivity index (χ1v) is 25.8. The van der Waals surface area contributed by atoms with E-state index in [1.54, 1.807) is 48.7 Å². The number of fused-ring (bicyclic) bond motifs is 3. The molecule has 6 aromatic rings. The fraction of sp³-hybridized carbons (Fsp3) is 0.300. The number of phenolic OH excluding ortho intramolecular Hbond substituents is 1. The van der Waals surface area contributed by atoms with Crippen molar-refractivity contribution in [1.29, 1.82) is 0 Å². The predicted molar refractivity (Wildman–Crippen MR) is 289 cm³/mol. The molecule has 0 heterocycles. The number of esters is 3. The van der Waals surface area contributed by atoms with Crippen LogP contribution in [0.3, 0.4) is 0 Å². The standard InChI is InChI=1S/C60H63N3O12S/c1-58(2,3)74-52(65)34-49(61-55(68)50(35-53(66)75-59(4,5)6)63-57(70)72-36-48-46-24-16-14-22-44(46)45-23-15-17-25-47(45)48)54(67)62-51(56(69)73-43-32-28-41(64)29-33-43)37-76-60(38-18-10-8-11-19-38,39-20-12-9-13-21-39)40-26-30-42(71-7)31-27-40/h8-33,48-51,64H,34-37H2,1-7H3,(H,61,68)(H,62,67)(H,63,70)/t49-,50-,51-/m0/s1. The fourth-order valence-corrected chi connectivity index (χ4v) is 10.4. The summed E-state index contributed by atoms with van der Waals surface area (Å²) in [7, 11) is 1.57. The van der Waals surface area contributed by atoms with Gasteiger partial charge in [0.1, 0.15) is 53.2 Å². The monoisotopic (exact) mass is 1050 g/mol. The Balaban J connectivity index is 1.20. The summed E-state index contributed by atoms with van der Waals surface area (Å²) in [5, 5.41) is 17.8. The van der Waals surface area contributed by atoms with Gasteiger partial charge < -0.3 is 44.7 Å². The molecule has 0 saturated heterocycles. The van der Waals surface area contributed by atoms with Crippen LogP contribution in [0.25, 0.3) is 11.1 Å². The Morgan fingerprint density at radius 2 is 0.974 bits per heavy atom. The number of benzene rings is 6. The molecule has 3 atom stereocenters. The van der Waals surface area contributed by atoms with Crippen LogP contribution < -0.4 is 25.4 Å². The van der Waals surface area contributed by atoms with E-state index in [-0.39, 0.29) is 29.8 Å². The molecule has 7 rings (SSSR count). The van der Waals surface area contributed by atoms with Crippen LogP contribution in [0.5, 0.6) is 17.2 Å². The largest absolute Gasteiger partial charge is 0.508 e. The second-order valence-electron chi connectivity index (χ2n) is 20.1. The third-order valence-electron chi connectivity index (χ3n) is 12.1. The van der Waals surface area contributed by atoms with E-state index in [0.717, 1.165) is 38.9 Å². The highest BCUT2D eigenvalue weighted by Crippen LogP contribution is 2.49. The number of alkyl carbamates (subject to hydrolysis) is 1. The molecule has 4 N–H and O–H groups in total. The molecule has 396 valence electrons. The smallest absolute Gasteiger partial charge is 0.407 e. The van der Waals surface area contributed by atoms with Gasteiger partial charge in [-0.1, -0.05) is 121 Å². The molecule has 0 saturated carbocycles. The molecule has 0 radical (unpaired) electrons. The Kier molecular flexibility index (Phi) is 17.9. The lowest BCUT2D eigenvalue weighted by molar-refractivity contribution is -0.158. The number of carbonyl (C=O) groups is 6. The lowest BCUT2D eigenvalue weighted by atomic mass is 9.84. The van der Waals surface area contributed by atoms with E-state index >= 15 is 0 Å². The van der Waals surface area contributed by atoms with Gasteiger partial charge in [-0.15, -0.1) is 11.8 Å². The summed E-state index contributed by atoms with van der Waals surface area (Å²) in [5.41, 5.74) is 4.39. The van der Waals surface area contributed by atoms with Crippen LogP contribution in [0, 0.1) is 0 Å². The number of ether oxygens (including phenoxy) is 5. The zero-order valence-corrected chi connectivity index (χ0v) is 44.3. The molecule has 15 nitrogen and oxygen atoms in total. The SMILES string of the molecule is COc1ccc(C(SC[C@H](NC(=O)[C@H](CC(=O)OC(C)(C)C)NC(=O)[C@H](CC(=O)OC(C)(C)C)NC(=O)OCC2c3ccccc3-c3ccccc32)C(=O)Oc2ccc(O)cc2)(c2ccccc2)c2ccccc2)cc1. The maximum Gasteiger partial charge on any atom is 0.407 e. The number of phenols is 1. The summed E-state index contributed by atoms with van der Waals surface area (Å²) in [5.74, 6) is -4.59. The third-order valence-corrected chi connectivity index (χ3v) is 13.8. The van der Waals surface area contributed by atoms with E-state index in [2.05, 4.69) is 16.0 Å². The topological polar surface area (TPSA) is 205 Å². The van der Waals surface area contributed by atoms with Gasteiger partial charge in [-0.2, -0.15) is 0 Å². The van der Waals surface area contributed by atoms with E-state index in [4.69, 9.17) is 23.7 Å². The second kappa shape index (κ2) is 24.5. The Hall–Kier alpha value is -8.11. The Morgan fingerprint density at radius 3 is 1.46 bits per heavy atom. The number of rotatable bonds is 20. The predicted octanol–water partition coefficient (Wildman–Crippen LogP) is 9.37. The molecule has 76 heavy (non-hydrogen) atoms. The number of thioether (sulfide) groups is 1. The number of aromatic hydroxyl groups is 1. The lowest BCUT2D eigenvalue weighted by Crippen LogP contribution is -2.57. The highest BCUT2D eigenvalue weighted by molar-refractivity contribution is 8.00. The van der Waals surface area contributed by atoms with Crippen molar-refractivity contribution in [2.24, 2.45) is 0 Å². The molecule has 0 spiro atoms. The molecule has 1 aliphatic carbocycles. The average molecular weight is 1050 g/mol. The maximum atomic E-state index is 14.9. The lowest BCUT2D eigenvalue weighted by Gasteiger charge is -2.36. The van der Waals surface area contributed by atoms with Crippen molar-refractivity contribution in [3.63, 3.8) is 0 Å². The normalized spacial score (nSPS) is 13.4. The Morgan fingerprint density at radius 1 is 0.539 bits per heavy atom. The average Bonchev–Trinajstić information content (AvgIpc) is 3.73. The van der Waals surface area contributed by atoms with Crippen molar-refractivity contribution in [3.05, 3.63) is 186 Å². The van der Waals surface area contributed by atoms with E-state index in [1.807, 2.05) is 133 Å². The third kappa shape index (κ3) is 14.4. The fourth-order valence-electron chi connectivity index (χ4n) is 8.85. The molecule has 0 bridgehead atoms. The van der Waals surface area contributed by atoms with E-state index in [1.165, 1.54) is 36.0 Å². The molecule has 0 aromatic heterocycles. The van der Waals surface area contributed by atoms with Crippen molar-refractivity contribution in [1.82, 2.24) is 16.0 Å². The van der Waals surface area contributed by atoms with Crippen molar-refractivity contribution >= 4 is 47.6 Å². The van der Waals surface area contributed by atoms with Gasteiger partial charge in [0.2, 0.25) is 11.8 Å². The van der Waals surface area contributed by atoms with Gasteiger partial charge in [0, 0.05) is 11.7 Å². The molecular formula is C60H63N3O12S. The first-order valence-electron chi connectivity index (χ1n) is 24.8. The van der Waals surface area contributed by atoms with Gasteiger partial charge in [-0.25, -0.2) is 9.59 Å². The molecule has 6 aromatic carbocycles. The van der Waals surface area contributed by atoms with Gasteiger partial charge in [-0.05, 0) is 117 Å². The molecular weight excluding hydrogens is 987 g/mol. The van der Waals surface area contributed by atoms with Gasteiger partial charge in [0.05, 0.1) is 24.7 Å². The van der Waals surface area contributed by atoms with Crippen molar-refractivity contribution in [3.8, 4) is 28.4 Å². The van der Waals surface area contributed by atoms with Gasteiger partial charge >= 0.3 is 24.0 Å². The quantitative estimate of drug-likeness (QED) is 0.0244. The minimum Gasteiger partial charge on any atom is -0.508 e. The number of amides is 3. The second-order valence-corrected chi connectivity index (χ2v) is 21.3. The number of hydrogen-bond acceptors (Lipinski definition) is 13. The van der Waals surface area contributed by atoms with Crippen molar-refractivity contribution in [2.45, 2.75) is 94.4 Å². The van der Waals surface area contributed by atoms with Gasteiger partial charge in [-0.3, -0.25) is 19.2 Å². The van der Waals surface area contributed by atoms with Crippen LogP contribution >= 0.6 is 11.8 Å². The van der Waals surface area contributed by atoms with Crippen molar-refractivity contribution < 1.29 is 57.6 Å². The molecule has 0 aliphatic heterocycles. The Labute approximate surface area is 447 Å². The minimum atomic E-state index is -1.75. The number of hydrogen-bond donors (Lipinski definition) is 4. The zero-order valence-electron chi connectivity index (χ0n) is 43.5. The van der Waals surface area contributed by atoms with Crippen LogP contribution in [-0.4, -0.2) is 89.7 Å². The maximum absolute atomic E-state index is 14.9. The first-order chi connectivity index (χ1) is 36.2. The molecule has 0 unspecified atom stereocenters. The number of carbonyl (C=O) groups excluding carboxylic acids is 6. The van der Waals surface area contributed by atoms with Gasteiger partial charge in [0.25, 0.3) is 0 Å². The Bertz CT molecular complexity index is 2910. The van der Waals surface area contributed by atoms with Crippen LogP contribution in [-0.2, 0) is 42.9 Å². The minimum absolute atomic E-state index is 0.0579. The highest BCUT2D eigenvalue weighted by atomic mass is 32.2. The summed E-state index contributed by atoms with van der Waals surface area (Å²) in [6.07, 6.45) is -2.47. The summed E-state index contributed by atoms with van der Waals surface area (Å²) in [6, 6.07) is 42.8. The van der Waals surface area contributed by atoms with Crippen LogP contribution in [0.15, 0.2) is 158 Å². The number of methoxy groups -OCH3 is 1. The summed E-state index contributed by atoms with van der Waals surface area (Å²) in [6.45, 7) is 9.71. The molecule has 0 fully saturated rings. The van der Waals surface area contributed by atoms with Gasteiger partial charge in [0.15, 0.2) is 0 Å².